The van der Waals surface area contributed by atoms with Gasteiger partial charge in [0.1, 0.15) is 5.82 Å². The molecule has 0 radical (unpaired) electrons. The van der Waals surface area contributed by atoms with Crippen LogP contribution in [-0.2, 0) is 0 Å². The lowest BCUT2D eigenvalue weighted by atomic mass is 9.93. The summed E-state index contributed by atoms with van der Waals surface area (Å²) in [5, 5.41) is 3.99. The number of hydrogen-bond acceptors (Lipinski definition) is 1. The largest absolute Gasteiger partial charge is 0.353 e. The summed E-state index contributed by atoms with van der Waals surface area (Å²) in [6, 6.07) is 5.11. The van der Waals surface area contributed by atoms with Crippen LogP contribution in [-0.4, -0.2) is 37.0 Å². The molecule has 5 heteroatoms. The van der Waals surface area contributed by atoms with Gasteiger partial charge in [0.05, 0.1) is 0 Å². The Balaban J connectivity index is 1.66. The van der Waals surface area contributed by atoms with Crippen molar-refractivity contribution in [2.45, 2.75) is 38.6 Å². The van der Waals surface area contributed by atoms with E-state index in [4.69, 9.17) is 11.6 Å². The minimum atomic E-state index is -0.209. The molecule has 0 amide bonds. The van der Waals surface area contributed by atoms with Gasteiger partial charge in [0, 0.05) is 42.7 Å². The second-order valence-corrected chi connectivity index (χ2v) is 7.52. The summed E-state index contributed by atoms with van der Waals surface area (Å²) in [6.07, 6.45) is 2.07. The molecular formula is C17H23ClFN3. The molecule has 22 heavy (non-hydrogen) atoms. The number of hydrogen-bond donors (Lipinski definition) is 1. The van der Waals surface area contributed by atoms with Crippen LogP contribution < -0.4 is 5.32 Å². The fraction of sp³-hybridized carbons (Fsp3) is 0.588. The molecule has 1 aromatic rings. The number of nitrogens with one attached hydrogen (secondary N) is 1. The van der Waals surface area contributed by atoms with Crippen LogP contribution in [0.3, 0.4) is 0 Å². The van der Waals surface area contributed by atoms with Gasteiger partial charge in [-0.25, -0.2) is 4.39 Å². The molecule has 2 fully saturated rings. The predicted molar refractivity (Wildman–Crippen MR) is 89.0 cm³/mol. The zero-order valence-electron chi connectivity index (χ0n) is 13.4. The zero-order chi connectivity index (χ0) is 15.9. The third-order valence-electron chi connectivity index (χ3n) is 4.66. The van der Waals surface area contributed by atoms with Crippen molar-refractivity contribution in [3.8, 4) is 0 Å². The van der Waals surface area contributed by atoms with E-state index < -0.39 is 0 Å². The molecule has 3 rings (SSSR count). The lowest BCUT2D eigenvalue weighted by Gasteiger charge is -2.24. The summed E-state index contributed by atoms with van der Waals surface area (Å²) in [5.74, 6) is 0.852. The summed E-state index contributed by atoms with van der Waals surface area (Å²) in [4.78, 5) is 6.68. The van der Waals surface area contributed by atoms with Gasteiger partial charge in [-0.3, -0.25) is 4.99 Å². The lowest BCUT2D eigenvalue weighted by Crippen LogP contribution is -2.42. The predicted octanol–water partition coefficient (Wildman–Crippen LogP) is 3.64. The number of nitrogens with zero attached hydrogens (tertiary/aromatic N) is 2. The van der Waals surface area contributed by atoms with Crippen molar-refractivity contribution in [1.29, 1.82) is 0 Å². The average molecular weight is 324 g/mol. The summed E-state index contributed by atoms with van der Waals surface area (Å²) in [7, 11) is 1.81. The number of rotatable bonds is 2. The molecule has 0 bridgehead atoms. The first-order valence-corrected chi connectivity index (χ1v) is 8.21. The molecule has 1 aromatic carbocycles. The zero-order valence-corrected chi connectivity index (χ0v) is 14.1. The fourth-order valence-corrected chi connectivity index (χ4v) is 3.60. The molecule has 0 aromatic heterocycles. The summed E-state index contributed by atoms with van der Waals surface area (Å²) in [5.41, 5.74) is 0.967. The molecule has 1 saturated carbocycles. The van der Waals surface area contributed by atoms with Gasteiger partial charge in [0.25, 0.3) is 0 Å². The fourth-order valence-electron chi connectivity index (χ4n) is 3.29. The van der Waals surface area contributed by atoms with E-state index in [1.165, 1.54) is 12.5 Å². The Labute approximate surface area is 136 Å². The highest BCUT2D eigenvalue weighted by molar-refractivity contribution is 6.31. The second kappa shape index (κ2) is 5.73. The molecule has 2 unspecified atom stereocenters. The normalized spacial score (nSPS) is 27.1. The van der Waals surface area contributed by atoms with E-state index in [0.29, 0.717) is 16.0 Å². The molecule has 3 nitrogen and oxygen atoms in total. The summed E-state index contributed by atoms with van der Waals surface area (Å²) >= 11 is 6.16. The van der Waals surface area contributed by atoms with E-state index in [9.17, 15) is 4.39 Å². The Morgan fingerprint density at radius 3 is 2.82 bits per heavy atom. The number of aliphatic imine (C=N–C) groups is 1. The van der Waals surface area contributed by atoms with Crippen molar-refractivity contribution in [2.75, 3.05) is 20.1 Å². The molecule has 1 N–H and O–H groups in total. The highest BCUT2D eigenvalue weighted by Crippen LogP contribution is 2.45. The quantitative estimate of drug-likeness (QED) is 0.664. The average Bonchev–Trinajstić information content (AvgIpc) is 3.10. The molecule has 0 spiro atoms. The number of benzene rings is 1. The van der Waals surface area contributed by atoms with Crippen LogP contribution in [0.2, 0.25) is 5.02 Å². The molecule has 1 saturated heterocycles. The smallest absolute Gasteiger partial charge is 0.193 e. The summed E-state index contributed by atoms with van der Waals surface area (Å²) in [6.45, 7) is 6.58. The Kier molecular flexibility index (Phi) is 4.06. The van der Waals surface area contributed by atoms with Gasteiger partial charge in [0.15, 0.2) is 5.96 Å². The van der Waals surface area contributed by atoms with Crippen LogP contribution in [0.1, 0.15) is 38.2 Å². The maximum absolute atomic E-state index is 14.0. The van der Waals surface area contributed by atoms with Crippen molar-refractivity contribution in [3.05, 3.63) is 34.6 Å². The van der Waals surface area contributed by atoms with Crippen LogP contribution in [0, 0.1) is 11.2 Å². The topological polar surface area (TPSA) is 27.6 Å². The molecule has 1 heterocycles. The first-order chi connectivity index (χ1) is 10.4. The first-order valence-electron chi connectivity index (χ1n) is 7.83. The highest BCUT2D eigenvalue weighted by atomic mass is 35.5. The van der Waals surface area contributed by atoms with E-state index in [-0.39, 0.29) is 17.8 Å². The van der Waals surface area contributed by atoms with Crippen molar-refractivity contribution < 1.29 is 4.39 Å². The third-order valence-corrected chi connectivity index (χ3v) is 4.99. The second-order valence-electron chi connectivity index (χ2n) is 7.11. The van der Waals surface area contributed by atoms with Crippen LogP contribution in [0.25, 0.3) is 0 Å². The van der Waals surface area contributed by atoms with Crippen molar-refractivity contribution >= 4 is 17.6 Å². The standard InChI is InChI=1S/C17H23ClFN3/c1-17(2)7-8-22(10-17)16(20-3)21-14-9-11(14)15-12(18)5-4-6-13(15)19/h4-6,11,14H,7-10H2,1-3H3,(H,20,21). The number of halogens is 2. The van der Waals surface area contributed by atoms with Gasteiger partial charge >= 0.3 is 0 Å². The Bertz CT molecular complexity index is 579. The van der Waals surface area contributed by atoms with Crippen molar-refractivity contribution in [3.63, 3.8) is 0 Å². The first kappa shape index (κ1) is 15.6. The maximum Gasteiger partial charge on any atom is 0.193 e. The molecule has 2 atom stereocenters. The SMILES string of the molecule is CN=C(NC1CC1c1c(F)cccc1Cl)N1CCC(C)(C)C1. The Hall–Kier alpha value is -1.29. The molecule has 1 aliphatic heterocycles. The maximum atomic E-state index is 14.0. The molecule has 1 aliphatic carbocycles. The van der Waals surface area contributed by atoms with E-state index in [1.54, 1.807) is 19.2 Å². The van der Waals surface area contributed by atoms with Gasteiger partial charge in [-0.2, -0.15) is 0 Å². The van der Waals surface area contributed by atoms with E-state index >= 15 is 0 Å². The molecule has 120 valence electrons. The van der Waals surface area contributed by atoms with Crippen molar-refractivity contribution in [1.82, 2.24) is 10.2 Å². The van der Waals surface area contributed by atoms with E-state index in [2.05, 4.69) is 29.1 Å². The Morgan fingerprint density at radius 1 is 1.45 bits per heavy atom. The number of likely N-dealkylation sites (tertiary alicyclic amines) is 1. The molecule has 2 aliphatic rings. The van der Waals surface area contributed by atoms with Crippen LogP contribution in [0.15, 0.2) is 23.2 Å². The number of guanidine groups is 1. The monoisotopic (exact) mass is 323 g/mol. The Morgan fingerprint density at radius 2 is 2.23 bits per heavy atom. The van der Waals surface area contributed by atoms with E-state index in [0.717, 1.165) is 25.5 Å². The van der Waals surface area contributed by atoms with Gasteiger partial charge in [-0.15, -0.1) is 0 Å². The minimum absolute atomic E-state index is 0.140. The van der Waals surface area contributed by atoms with Gasteiger partial charge in [-0.05, 0) is 30.4 Å². The van der Waals surface area contributed by atoms with Gasteiger partial charge in [0.2, 0.25) is 0 Å². The summed E-state index contributed by atoms with van der Waals surface area (Å²) < 4.78 is 14.0. The van der Waals surface area contributed by atoms with Gasteiger partial charge in [-0.1, -0.05) is 31.5 Å². The minimum Gasteiger partial charge on any atom is -0.353 e. The van der Waals surface area contributed by atoms with Crippen molar-refractivity contribution in [2.24, 2.45) is 10.4 Å². The molecular weight excluding hydrogens is 301 g/mol. The lowest BCUT2D eigenvalue weighted by molar-refractivity contribution is 0.370. The highest BCUT2D eigenvalue weighted by Gasteiger charge is 2.43. The van der Waals surface area contributed by atoms with Crippen LogP contribution >= 0.6 is 11.6 Å². The van der Waals surface area contributed by atoms with Crippen LogP contribution in [0.5, 0.6) is 0 Å². The van der Waals surface area contributed by atoms with Crippen LogP contribution in [0.4, 0.5) is 4.39 Å². The van der Waals surface area contributed by atoms with Gasteiger partial charge < -0.3 is 10.2 Å². The van der Waals surface area contributed by atoms with E-state index in [1.807, 2.05) is 0 Å². The third kappa shape index (κ3) is 3.07.